The summed E-state index contributed by atoms with van der Waals surface area (Å²) in [4.78, 5) is 45.9. The van der Waals surface area contributed by atoms with Crippen molar-refractivity contribution in [2.75, 3.05) is 7.11 Å². The smallest absolute Gasteiger partial charge is 0.333 e. The first-order valence-corrected chi connectivity index (χ1v) is 15.0. The van der Waals surface area contributed by atoms with Crippen molar-refractivity contribution in [1.29, 1.82) is 0 Å². The second kappa shape index (κ2) is 10.2. The second-order valence-electron chi connectivity index (χ2n) is 11.4. The van der Waals surface area contributed by atoms with Crippen molar-refractivity contribution in [1.82, 2.24) is 14.1 Å². The number of hydrogen-bond donors (Lipinski definition) is 1. The molecule has 2 bridgehead atoms. The maximum absolute atomic E-state index is 14.3. The van der Waals surface area contributed by atoms with E-state index in [2.05, 4.69) is 4.98 Å². The predicted molar refractivity (Wildman–Crippen MR) is 153 cm³/mol. The summed E-state index contributed by atoms with van der Waals surface area (Å²) < 4.78 is 26.5. The molecule has 11 nitrogen and oxygen atoms in total. The fraction of sp³-hybridized carbons (Fsp3) is 0.467. The Morgan fingerprint density at radius 2 is 1.95 bits per heavy atom. The standard InChI is InChI=1S/C30H31N3O8S/c1-16-23-26(34)33(30(9-10-30)28(35)36)29(37)32(27(23)42-24(16)25-31-11-12-39-25)15-22(20-5-3-4-6-21(20)38-2)41-19-13-17-7-8-18(14-19)40-17/h3-6,11-12,17-19,22H,7-10,13-15H2,1-2H3,(H,35,36)/t17-,18+,19-,22-/m0/s1. The molecule has 1 aliphatic carbocycles. The van der Waals surface area contributed by atoms with Gasteiger partial charge >= 0.3 is 11.7 Å². The van der Waals surface area contributed by atoms with Gasteiger partial charge in [0.15, 0.2) is 0 Å². The van der Waals surface area contributed by atoms with Crippen LogP contribution in [-0.4, -0.2) is 50.6 Å². The van der Waals surface area contributed by atoms with E-state index in [1.54, 1.807) is 14.0 Å². The number of methoxy groups -OCH3 is 1. The van der Waals surface area contributed by atoms with Gasteiger partial charge in [0, 0.05) is 5.56 Å². The van der Waals surface area contributed by atoms with Crippen LogP contribution in [0.3, 0.4) is 0 Å². The third kappa shape index (κ3) is 4.31. The lowest BCUT2D eigenvalue weighted by molar-refractivity contribution is -0.142. The van der Waals surface area contributed by atoms with Gasteiger partial charge < -0.3 is 23.7 Å². The normalized spacial score (nSPS) is 23.2. The van der Waals surface area contributed by atoms with Gasteiger partial charge in [-0.25, -0.2) is 19.1 Å². The maximum Gasteiger partial charge on any atom is 0.333 e. The Bertz CT molecular complexity index is 1770. The molecule has 3 aromatic heterocycles. The number of nitrogens with zero attached hydrogens (tertiary/aromatic N) is 3. The van der Waals surface area contributed by atoms with E-state index in [0.29, 0.717) is 26.9 Å². The minimum Gasteiger partial charge on any atom is -0.496 e. The number of aliphatic carboxylic acids is 1. The van der Waals surface area contributed by atoms with E-state index >= 15 is 0 Å². The van der Waals surface area contributed by atoms with Crippen LogP contribution in [0.2, 0.25) is 0 Å². The molecule has 4 atom stereocenters. The summed E-state index contributed by atoms with van der Waals surface area (Å²) in [6.07, 6.45) is 6.46. The molecule has 0 unspecified atom stereocenters. The van der Waals surface area contributed by atoms with Crippen LogP contribution in [0.5, 0.6) is 5.75 Å². The van der Waals surface area contributed by atoms with Crippen LogP contribution in [-0.2, 0) is 26.4 Å². The van der Waals surface area contributed by atoms with E-state index in [1.807, 2.05) is 24.3 Å². The number of carbonyl (C=O) groups is 1. The number of aryl methyl sites for hydroxylation is 1. The predicted octanol–water partition coefficient (Wildman–Crippen LogP) is 4.24. The average Bonchev–Trinajstić information content (AvgIpc) is 3.27. The number of ether oxygens (including phenoxy) is 3. The molecule has 4 aromatic rings. The quantitative estimate of drug-likeness (QED) is 0.302. The number of aromatic nitrogens is 3. The van der Waals surface area contributed by atoms with Crippen molar-refractivity contribution in [3.63, 3.8) is 0 Å². The van der Waals surface area contributed by atoms with Gasteiger partial charge in [0.25, 0.3) is 5.56 Å². The summed E-state index contributed by atoms with van der Waals surface area (Å²) in [7, 11) is 1.59. The molecule has 0 amide bonds. The molecule has 42 heavy (non-hydrogen) atoms. The zero-order valence-corrected chi connectivity index (χ0v) is 24.1. The summed E-state index contributed by atoms with van der Waals surface area (Å²) in [5.74, 6) is -0.251. The lowest BCUT2D eigenvalue weighted by Crippen LogP contribution is -2.49. The van der Waals surface area contributed by atoms with Gasteiger partial charge in [-0.05, 0) is 57.1 Å². The molecule has 7 rings (SSSR count). The van der Waals surface area contributed by atoms with Crippen LogP contribution in [0.15, 0.2) is 50.7 Å². The third-order valence-electron chi connectivity index (χ3n) is 8.83. The van der Waals surface area contributed by atoms with Gasteiger partial charge in [0.2, 0.25) is 5.89 Å². The highest BCUT2D eigenvalue weighted by Gasteiger charge is 2.55. The molecule has 1 saturated carbocycles. The van der Waals surface area contributed by atoms with Crippen LogP contribution in [0, 0.1) is 6.92 Å². The number of para-hydroxylation sites is 1. The van der Waals surface area contributed by atoms with Crippen LogP contribution < -0.4 is 16.0 Å². The van der Waals surface area contributed by atoms with Crippen LogP contribution in [0.1, 0.15) is 55.8 Å². The van der Waals surface area contributed by atoms with Gasteiger partial charge in [-0.1, -0.05) is 18.2 Å². The van der Waals surface area contributed by atoms with E-state index in [1.165, 1.54) is 28.4 Å². The topological polar surface area (TPSA) is 135 Å². The average molecular weight is 594 g/mol. The monoisotopic (exact) mass is 593 g/mol. The molecular formula is C30H31N3O8S. The highest BCUT2D eigenvalue weighted by molar-refractivity contribution is 7.22. The van der Waals surface area contributed by atoms with E-state index < -0.39 is 28.9 Å². The number of carboxylic acid groups (broad SMARTS) is 1. The number of thiophene rings is 1. The first kappa shape index (κ1) is 27.1. The molecule has 220 valence electrons. The molecule has 1 aromatic carbocycles. The van der Waals surface area contributed by atoms with E-state index in [0.717, 1.165) is 35.8 Å². The molecule has 3 fully saturated rings. The minimum atomic E-state index is -1.57. The largest absolute Gasteiger partial charge is 0.496 e. The number of rotatable bonds is 9. The van der Waals surface area contributed by atoms with Crippen LogP contribution in [0.4, 0.5) is 0 Å². The maximum atomic E-state index is 14.3. The Balaban J connectivity index is 1.41. The summed E-state index contributed by atoms with van der Waals surface area (Å²) in [6.45, 7) is 1.81. The Hall–Kier alpha value is -3.74. The summed E-state index contributed by atoms with van der Waals surface area (Å²) in [6, 6.07) is 7.51. The number of oxazole rings is 1. The zero-order valence-electron chi connectivity index (χ0n) is 23.3. The molecule has 12 heteroatoms. The SMILES string of the molecule is COc1ccccc1[C@H](Cn1c(=O)n(C2(C(=O)O)CC2)c(=O)c2c(C)c(-c3ncco3)sc21)O[C@@H]1C[C@H]2CC[C@@H](C1)O2. The van der Waals surface area contributed by atoms with Gasteiger partial charge in [-0.15, -0.1) is 11.3 Å². The number of carboxylic acids is 1. The first-order chi connectivity index (χ1) is 20.3. The van der Waals surface area contributed by atoms with Crippen LogP contribution >= 0.6 is 11.3 Å². The highest BCUT2D eigenvalue weighted by atomic mass is 32.1. The Labute approximate surface area is 244 Å². The Morgan fingerprint density at radius 1 is 1.21 bits per heavy atom. The minimum absolute atomic E-state index is 0.0450. The Morgan fingerprint density at radius 3 is 2.60 bits per heavy atom. The van der Waals surface area contributed by atoms with Gasteiger partial charge in [-0.3, -0.25) is 9.36 Å². The number of hydrogen-bond acceptors (Lipinski definition) is 9. The summed E-state index contributed by atoms with van der Waals surface area (Å²) in [5, 5.41) is 10.4. The first-order valence-electron chi connectivity index (χ1n) is 14.2. The summed E-state index contributed by atoms with van der Waals surface area (Å²) in [5.41, 5.74) is -1.52. The summed E-state index contributed by atoms with van der Waals surface area (Å²) >= 11 is 1.23. The van der Waals surface area contributed by atoms with E-state index in [-0.39, 0.29) is 43.1 Å². The Kier molecular flexibility index (Phi) is 6.59. The zero-order chi connectivity index (χ0) is 29.2. The molecule has 0 radical (unpaired) electrons. The lowest BCUT2D eigenvalue weighted by Gasteiger charge is -2.32. The fourth-order valence-corrected chi connectivity index (χ4v) is 7.78. The van der Waals surface area contributed by atoms with E-state index in [9.17, 15) is 19.5 Å². The van der Waals surface area contributed by atoms with Crippen molar-refractivity contribution in [3.8, 4) is 16.5 Å². The molecule has 0 spiro atoms. The van der Waals surface area contributed by atoms with Gasteiger partial charge in [0.05, 0.1) is 48.4 Å². The highest BCUT2D eigenvalue weighted by Crippen LogP contribution is 2.44. The lowest BCUT2D eigenvalue weighted by atomic mass is 10.0. The fourth-order valence-electron chi connectivity index (χ4n) is 6.54. The van der Waals surface area contributed by atoms with Crippen molar-refractivity contribution < 1.29 is 28.5 Å². The van der Waals surface area contributed by atoms with Gasteiger partial charge in [0.1, 0.15) is 28.5 Å². The van der Waals surface area contributed by atoms with Crippen LogP contribution in [0.25, 0.3) is 21.0 Å². The van der Waals surface area contributed by atoms with E-state index in [4.69, 9.17) is 18.6 Å². The molecule has 1 N–H and O–H groups in total. The molecule has 3 aliphatic rings. The molecular weight excluding hydrogens is 562 g/mol. The number of fused-ring (bicyclic) bond motifs is 3. The molecule has 5 heterocycles. The van der Waals surface area contributed by atoms with Crippen molar-refractivity contribution >= 4 is 27.5 Å². The van der Waals surface area contributed by atoms with Crippen molar-refractivity contribution in [2.24, 2.45) is 0 Å². The number of benzene rings is 1. The molecule has 2 aliphatic heterocycles. The molecule has 2 saturated heterocycles. The van der Waals surface area contributed by atoms with Crippen molar-refractivity contribution in [2.45, 2.75) is 81.9 Å². The third-order valence-corrected chi connectivity index (χ3v) is 10.1. The second-order valence-corrected chi connectivity index (χ2v) is 12.4. The van der Waals surface area contributed by atoms with Gasteiger partial charge in [-0.2, -0.15) is 0 Å². The van der Waals surface area contributed by atoms with Crippen molar-refractivity contribution in [3.05, 3.63) is 68.7 Å².